The van der Waals surface area contributed by atoms with E-state index in [9.17, 15) is 9.59 Å². The minimum Gasteiger partial charge on any atom is -0.480 e. The number of carbonyl (C=O) groups excluding carboxylic acids is 1. The Bertz CT molecular complexity index is 296. The number of amides is 2. The molecule has 0 heterocycles. The van der Waals surface area contributed by atoms with Crippen molar-refractivity contribution in [2.75, 3.05) is 0 Å². The molecular weight excluding hydrogens is 220 g/mol. The van der Waals surface area contributed by atoms with Crippen LogP contribution in [0.4, 0.5) is 4.79 Å². The first-order valence-electron chi connectivity index (χ1n) is 6.46. The molecule has 96 valence electrons. The number of hydrogen-bond donors (Lipinski definition) is 3. The van der Waals surface area contributed by atoms with E-state index in [-0.39, 0.29) is 18.0 Å². The van der Waals surface area contributed by atoms with Gasteiger partial charge in [-0.1, -0.05) is 19.3 Å². The molecule has 2 fully saturated rings. The predicted molar refractivity (Wildman–Crippen MR) is 62.7 cm³/mol. The monoisotopic (exact) mass is 240 g/mol. The highest BCUT2D eigenvalue weighted by atomic mass is 16.4. The van der Waals surface area contributed by atoms with Crippen molar-refractivity contribution >= 4 is 12.0 Å². The minimum atomic E-state index is -0.925. The zero-order chi connectivity index (χ0) is 12.3. The summed E-state index contributed by atoms with van der Waals surface area (Å²) in [4.78, 5) is 22.6. The Morgan fingerprint density at radius 1 is 1.06 bits per heavy atom. The fourth-order valence-electron chi connectivity index (χ4n) is 2.43. The Labute approximate surface area is 101 Å². The van der Waals surface area contributed by atoms with Gasteiger partial charge in [-0.3, -0.25) is 0 Å². The highest BCUT2D eigenvalue weighted by Crippen LogP contribution is 2.32. The van der Waals surface area contributed by atoms with E-state index in [1.165, 1.54) is 6.42 Å². The van der Waals surface area contributed by atoms with Gasteiger partial charge in [-0.15, -0.1) is 0 Å². The topological polar surface area (TPSA) is 78.4 Å². The van der Waals surface area contributed by atoms with Crippen molar-refractivity contribution in [1.29, 1.82) is 0 Å². The van der Waals surface area contributed by atoms with Crippen LogP contribution in [0.25, 0.3) is 0 Å². The Balaban J connectivity index is 1.76. The van der Waals surface area contributed by atoms with Gasteiger partial charge in [0.15, 0.2) is 0 Å². The van der Waals surface area contributed by atoms with Crippen LogP contribution in [0, 0.1) is 5.92 Å². The lowest BCUT2D eigenvalue weighted by Crippen LogP contribution is -2.50. The molecule has 2 rings (SSSR count). The molecule has 0 bridgehead atoms. The Morgan fingerprint density at radius 3 is 2.24 bits per heavy atom. The summed E-state index contributed by atoms with van der Waals surface area (Å²) >= 11 is 0. The lowest BCUT2D eigenvalue weighted by atomic mass is 9.96. The van der Waals surface area contributed by atoms with E-state index < -0.39 is 12.0 Å². The molecule has 2 aliphatic carbocycles. The summed E-state index contributed by atoms with van der Waals surface area (Å²) in [5, 5.41) is 14.4. The Morgan fingerprint density at radius 2 is 1.71 bits per heavy atom. The molecule has 0 radical (unpaired) electrons. The lowest BCUT2D eigenvalue weighted by molar-refractivity contribution is -0.139. The van der Waals surface area contributed by atoms with E-state index in [4.69, 9.17) is 5.11 Å². The van der Waals surface area contributed by atoms with Crippen molar-refractivity contribution in [3.63, 3.8) is 0 Å². The molecule has 0 aromatic carbocycles. The largest absolute Gasteiger partial charge is 0.480 e. The second kappa shape index (κ2) is 5.38. The molecule has 2 amide bonds. The van der Waals surface area contributed by atoms with Crippen LogP contribution in [0.3, 0.4) is 0 Å². The molecule has 2 saturated carbocycles. The zero-order valence-electron chi connectivity index (χ0n) is 9.95. The smallest absolute Gasteiger partial charge is 0.326 e. The number of urea groups is 1. The number of carboxylic acid groups (broad SMARTS) is 1. The van der Waals surface area contributed by atoms with E-state index in [0.717, 1.165) is 38.5 Å². The van der Waals surface area contributed by atoms with Gasteiger partial charge in [0.25, 0.3) is 0 Å². The van der Waals surface area contributed by atoms with E-state index in [0.29, 0.717) is 0 Å². The van der Waals surface area contributed by atoms with Crippen LogP contribution in [0.2, 0.25) is 0 Å². The normalized spacial score (nSPS) is 22.8. The highest BCUT2D eigenvalue weighted by Gasteiger charge is 2.37. The van der Waals surface area contributed by atoms with Crippen molar-refractivity contribution in [3.8, 4) is 0 Å². The van der Waals surface area contributed by atoms with Crippen LogP contribution in [0.5, 0.6) is 0 Å². The van der Waals surface area contributed by atoms with Gasteiger partial charge >= 0.3 is 12.0 Å². The molecule has 0 aliphatic heterocycles. The number of carboxylic acids is 1. The van der Waals surface area contributed by atoms with E-state index in [1.807, 2.05) is 0 Å². The predicted octanol–water partition coefficient (Wildman–Crippen LogP) is 1.48. The van der Waals surface area contributed by atoms with Gasteiger partial charge in [0.1, 0.15) is 6.04 Å². The zero-order valence-corrected chi connectivity index (χ0v) is 9.95. The molecule has 5 nitrogen and oxygen atoms in total. The molecule has 0 aromatic rings. The average molecular weight is 240 g/mol. The second-order valence-corrected chi connectivity index (χ2v) is 5.11. The summed E-state index contributed by atoms with van der Waals surface area (Å²) in [7, 11) is 0. The molecule has 1 atom stereocenters. The third-order valence-electron chi connectivity index (χ3n) is 3.59. The molecule has 2 aliphatic rings. The van der Waals surface area contributed by atoms with Gasteiger partial charge in [0, 0.05) is 6.04 Å². The summed E-state index contributed by atoms with van der Waals surface area (Å²) in [5.74, 6) is -0.795. The first-order valence-corrected chi connectivity index (χ1v) is 6.46. The van der Waals surface area contributed by atoms with Crippen LogP contribution in [-0.4, -0.2) is 29.2 Å². The molecule has 17 heavy (non-hydrogen) atoms. The fraction of sp³-hybridized carbons (Fsp3) is 0.833. The number of nitrogens with one attached hydrogen (secondary N) is 2. The number of aliphatic carboxylic acids is 1. The van der Waals surface area contributed by atoms with Crippen LogP contribution in [-0.2, 0) is 4.79 Å². The standard InChI is InChI=1S/C12H20N2O3/c15-11(16)10(8-6-7-8)14-12(17)13-9-4-2-1-3-5-9/h8-10H,1-7H2,(H,15,16)(H2,13,14,17). The molecule has 0 spiro atoms. The highest BCUT2D eigenvalue weighted by molar-refractivity contribution is 5.83. The number of carbonyl (C=O) groups is 2. The summed E-state index contributed by atoms with van der Waals surface area (Å²) < 4.78 is 0. The summed E-state index contributed by atoms with van der Waals surface area (Å²) in [6.07, 6.45) is 7.36. The molecule has 0 aromatic heterocycles. The van der Waals surface area contributed by atoms with Gasteiger partial charge < -0.3 is 15.7 Å². The van der Waals surface area contributed by atoms with Crippen LogP contribution in [0.15, 0.2) is 0 Å². The van der Waals surface area contributed by atoms with Crippen molar-refractivity contribution < 1.29 is 14.7 Å². The Kier molecular flexibility index (Phi) is 3.86. The first kappa shape index (κ1) is 12.2. The van der Waals surface area contributed by atoms with Crippen molar-refractivity contribution in [1.82, 2.24) is 10.6 Å². The number of hydrogen-bond acceptors (Lipinski definition) is 2. The molecule has 1 unspecified atom stereocenters. The van der Waals surface area contributed by atoms with Gasteiger partial charge in [0.2, 0.25) is 0 Å². The maximum absolute atomic E-state index is 11.7. The quantitative estimate of drug-likeness (QED) is 0.696. The van der Waals surface area contributed by atoms with Gasteiger partial charge in [-0.2, -0.15) is 0 Å². The van der Waals surface area contributed by atoms with Crippen LogP contribution >= 0.6 is 0 Å². The van der Waals surface area contributed by atoms with E-state index in [1.54, 1.807) is 0 Å². The van der Waals surface area contributed by atoms with Gasteiger partial charge in [-0.25, -0.2) is 9.59 Å². The summed E-state index contributed by atoms with van der Waals surface area (Å²) in [6.45, 7) is 0. The third kappa shape index (κ3) is 3.61. The van der Waals surface area contributed by atoms with Crippen molar-refractivity contribution in [2.24, 2.45) is 5.92 Å². The molecule has 0 saturated heterocycles. The molecule has 5 heteroatoms. The number of rotatable bonds is 4. The summed E-state index contributed by atoms with van der Waals surface area (Å²) in [5.41, 5.74) is 0. The van der Waals surface area contributed by atoms with Crippen molar-refractivity contribution in [3.05, 3.63) is 0 Å². The maximum atomic E-state index is 11.7. The lowest BCUT2D eigenvalue weighted by Gasteiger charge is -2.24. The fourth-order valence-corrected chi connectivity index (χ4v) is 2.43. The first-order chi connectivity index (χ1) is 8.16. The molecule has 3 N–H and O–H groups in total. The minimum absolute atomic E-state index is 0.129. The van der Waals surface area contributed by atoms with Gasteiger partial charge in [-0.05, 0) is 31.6 Å². The summed E-state index contributed by atoms with van der Waals surface area (Å²) in [6, 6.07) is -0.813. The maximum Gasteiger partial charge on any atom is 0.326 e. The average Bonchev–Trinajstić information content (AvgIpc) is 3.11. The molecular formula is C12H20N2O3. The van der Waals surface area contributed by atoms with Gasteiger partial charge in [0.05, 0.1) is 0 Å². The third-order valence-corrected chi connectivity index (χ3v) is 3.59. The second-order valence-electron chi connectivity index (χ2n) is 5.11. The van der Waals surface area contributed by atoms with Crippen LogP contribution in [0.1, 0.15) is 44.9 Å². The van der Waals surface area contributed by atoms with E-state index in [2.05, 4.69) is 10.6 Å². The van der Waals surface area contributed by atoms with E-state index >= 15 is 0 Å². The van der Waals surface area contributed by atoms with Crippen LogP contribution < -0.4 is 10.6 Å². The SMILES string of the molecule is O=C(NC1CCCCC1)NC(C(=O)O)C1CC1. The van der Waals surface area contributed by atoms with Crippen molar-refractivity contribution in [2.45, 2.75) is 57.0 Å². The Hall–Kier alpha value is -1.26.